The highest BCUT2D eigenvalue weighted by Gasteiger charge is 2.18. The first kappa shape index (κ1) is 14.8. The summed E-state index contributed by atoms with van der Waals surface area (Å²) in [5.41, 5.74) is -0.504. The minimum Gasteiger partial charge on any atom is -0.478 e. The molecule has 7 nitrogen and oxygen atoms in total. The number of hydrogen-bond acceptors (Lipinski definition) is 5. The summed E-state index contributed by atoms with van der Waals surface area (Å²) in [5.74, 6) is -1.21. The fraction of sp³-hybridized carbons (Fsp3) is 0.182. The highest BCUT2D eigenvalue weighted by molar-refractivity contribution is 7.90. The number of carbonyl (C=O) groups is 1. The Morgan fingerprint density at radius 2 is 2.00 bits per heavy atom. The van der Waals surface area contributed by atoms with Gasteiger partial charge < -0.3 is 5.11 Å². The van der Waals surface area contributed by atoms with Gasteiger partial charge >= 0.3 is 5.97 Å². The SMILES string of the molecule is C/C(=C\c1ccc(S(C)(=O)=O)cc1[N+](=O)[O-])C(=O)O. The minimum atomic E-state index is -3.56. The van der Waals surface area contributed by atoms with E-state index in [1.807, 2.05) is 0 Å². The number of nitro groups is 1. The highest BCUT2D eigenvalue weighted by Crippen LogP contribution is 2.25. The van der Waals surface area contributed by atoms with Gasteiger partial charge in [0.05, 0.1) is 15.4 Å². The molecule has 0 aliphatic heterocycles. The summed E-state index contributed by atoms with van der Waals surface area (Å²) in [6.45, 7) is 1.29. The van der Waals surface area contributed by atoms with E-state index in [4.69, 9.17) is 5.11 Å². The Morgan fingerprint density at radius 1 is 1.42 bits per heavy atom. The third-order valence-electron chi connectivity index (χ3n) is 2.34. The zero-order chi connectivity index (χ0) is 14.8. The molecule has 0 saturated heterocycles. The molecule has 0 unspecified atom stereocenters. The molecule has 0 aliphatic rings. The number of sulfone groups is 1. The van der Waals surface area contributed by atoms with Crippen LogP contribution in [0.4, 0.5) is 5.69 Å². The Balaban J connectivity index is 3.48. The van der Waals surface area contributed by atoms with E-state index >= 15 is 0 Å². The lowest BCUT2D eigenvalue weighted by Gasteiger charge is -2.02. The number of nitrogens with zero attached hydrogens (tertiary/aromatic N) is 1. The van der Waals surface area contributed by atoms with Crippen LogP contribution < -0.4 is 0 Å². The summed E-state index contributed by atoms with van der Waals surface area (Å²) in [6, 6.07) is 3.32. The van der Waals surface area contributed by atoms with Crippen molar-refractivity contribution in [2.24, 2.45) is 0 Å². The zero-order valence-electron chi connectivity index (χ0n) is 10.2. The van der Waals surface area contributed by atoms with Crippen molar-refractivity contribution in [2.75, 3.05) is 6.26 Å². The van der Waals surface area contributed by atoms with Crippen molar-refractivity contribution in [3.8, 4) is 0 Å². The monoisotopic (exact) mass is 285 g/mol. The van der Waals surface area contributed by atoms with Crippen molar-refractivity contribution < 1.29 is 23.2 Å². The molecule has 0 fully saturated rings. The van der Waals surface area contributed by atoms with Crippen molar-refractivity contribution in [3.63, 3.8) is 0 Å². The molecule has 0 heterocycles. The Bertz CT molecular complexity index is 674. The number of aliphatic carboxylic acids is 1. The number of carboxylic acid groups (broad SMARTS) is 1. The summed E-state index contributed by atoms with van der Waals surface area (Å²) in [5, 5.41) is 19.6. The van der Waals surface area contributed by atoms with E-state index in [2.05, 4.69) is 0 Å². The van der Waals surface area contributed by atoms with Crippen LogP contribution in [0.3, 0.4) is 0 Å². The summed E-state index contributed by atoms with van der Waals surface area (Å²) in [6.07, 6.45) is 2.05. The maximum Gasteiger partial charge on any atom is 0.331 e. The molecule has 1 N–H and O–H groups in total. The van der Waals surface area contributed by atoms with Gasteiger partial charge in [0.1, 0.15) is 0 Å². The Morgan fingerprint density at radius 3 is 2.42 bits per heavy atom. The second kappa shape index (κ2) is 5.19. The third kappa shape index (κ3) is 3.62. The van der Waals surface area contributed by atoms with Crippen LogP contribution in [0.25, 0.3) is 6.08 Å². The molecule has 0 saturated carbocycles. The average Bonchev–Trinajstić information content (AvgIpc) is 2.27. The molecule has 0 radical (unpaired) electrons. The van der Waals surface area contributed by atoms with Gasteiger partial charge in [0.15, 0.2) is 9.84 Å². The standard InChI is InChI=1S/C11H11NO6S/c1-7(11(13)14)5-8-3-4-9(19(2,17)18)6-10(8)12(15)16/h3-6H,1-2H3,(H,13,14)/b7-5+. The number of rotatable bonds is 4. The number of benzene rings is 1. The first-order valence-corrected chi connectivity index (χ1v) is 6.92. The van der Waals surface area contributed by atoms with Crippen LogP contribution in [0.5, 0.6) is 0 Å². The lowest BCUT2D eigenvalue weighted by atomic mass is 10.1. The largest absolute Gasteiger partial charge is 0.478 e. The quantitative estimate of drug-likeness (QED) is 0.509. The maximum atomic E-state index is 11.3. The lowest BCUT2D eigenvalue weighted by molar-refractivity contribution is -0.385. The molecule has 0 aromatic heterocycles. The Kier molecular flexibility index (Phi) is 4.05. The Labute approximate surface area is 109 Å². The van der Waals surface area contributed by atoms with Crippen molar-refractivity contribution in [1.29, 1.82) is 0 Å². The molecule has 19 heavy (non-hydrogen) atoms. The van der Waals surface area contributed by atoms with E-state index in [1.54, 1.807) is 0 Å². The second-order valence-electron chi connectivity index (χ2n) is 3.88. The van der Waals surface area contributed by atoms with Gasteiger partial charge in [-0.25, -0.2) is 13.2 Å². The van der Waals surface area contributed by atoms with Crippen LogP contribution in [-0.2, 0) is 14.6 Å². The molecule has 1 rings (SSSR count). The van der Waals surface area contributed by atoms with Crippen LogP contribution >= 0.6 is 0 Å². The van der Waals surface area contributed by atoms with Gasteiger partial charge in [0.25, 0.3) is 5.69 Å². The van der Waals surface area contributed by atoms with E-state index in [-0.39, 0.29) is 16.0 Å². The van der Waals surface area contributed by atoms with Gasteiger partial charge in [0, 0.05) is 17.9 Å². The van der Waals surface area contributed by atoms with E-state index in [0.29, 0.717) is 0 Å². The fourth-order valence-corrected chi connectivity index (χ4v) is 1.97. The first-order chi connectivity index (χ1) is 8.62. The van der Waals surface area contributed by atoms with Gasteiger partial charge in [-0.1, -0.05) is 0 Å². The van der Waals surface area contributed by atoms with Crippen LogP contribution in [0.2, 0.25) is 0 Å². The number of hydrogen-bond donors (Lipinski definition) is 1. The maximum absolute atomic E-state index is 11.3. The summed E-state index contributed by atoms with van der Waals surface area (Å²) in [7, 11) is -3.56. The van der Waals surface area contributed by atoms with E-state index in [9.17, 15) is 23.3 Å². The molecule has 8 heteroatoms. The topological polar surface area (TPSA) is 115 Å². The second-order valence-corrected chi connectivity index (χ2v) is 5.90. The minimum absolute atomic E-state index is 0.0392. The number of carboxylic acids is 1. The van der Waals surface area contributed by atoms with Crippen molar-refractivity contribution >= 4 is 27.6 Å². The van der Waals surface area contributed by atoms with Crippen LogP contribution in [-0.4, -0.2) is 30.7 Å². The first-order valence-electron chi connectivity index (χ1n) is 5.03. The summed E-state index contributed by atoms with van der Waals surface area (Å²) in [4.78, 5) is 20.6. The molecule has 1 aromatic carbocycles. The third-order valence-corrected chi connectivity index (χ3v) is 3.45. The van der Waals surface area contributed by atoms with Crippen molar-refractivity contribution in [1.82, 2.24) is 0 Å². The number of nitro benzene ring substituents is 1. The lowest BCUT2D eigenvalue weighted by Crippen LogP contribution is -2.01. The Hall–Kier alpha value is -2.22. The molecule has 102 valence electrons. The molecule has 1 aromatic rings. The molecular formula is C11H11NO6S. The van der Waals surface area contributed by atoms with E-state index < -0.39 is 26.4 Å². The molecular weight excluding hydrogens is 274 g/mol. The molecule has 0 amide bonds. The smallest absolute Gasteiger partial charge is 0.331 e. The predicted molar refractivity (Wildman–Crippen MR) is 67.5 cm³/mol. The molecule has 0 aliphatic carbocycles. The molecule has 0 atom stereocenters. The van der Waals surface area contributed by atoms with Crippen LogP contribution in [0.15, 0.2) is 28.7 Å². The molecule has 0 spiro atoms. The van der Waals surface area contributed by atoms with E-state index in [1.165, 1.54) is 19.1 Å². The predicted octanol–water partition coefficient (Wildman–Crippen LogP) is 1.49. The average molecular weight is 285 g/mol. The molecule has 0 bridgehead atoms. The summed E-state index contributed by atoms with van der Waals surface area (Å²) >= 11 is 0. The summed E-state index contributed by atoms with van der Waals surface area (Å²) < 4.78 is 22.6. The van der Waals surface area contributed by atoms with Crippen molar-refractivity contribution in [2.45, 2.75) is 11.8 Å². The van der Waals surface area contributed by atoms with Gasteiger partial charge in [-0.2, -0.15) is 0 Å². The fourth-order valence-electron chi connectivity index (χ4n) is 1.33. The van der Waals surface area contributed by atoms with Gasteiger partial charge in [-0.3, -0.25) is 10.1 Å². The normalized spacial score (nSPS) is 12.2. The van der Waals surface area contributed by atoms with E-state index in [0.717, 1.165) is 18.4 Å². The van der Waals surface area contributed by atoms with Crippen LogP contribution in [0.1, 0.15) is 12.5 Å². The van der Waals surface area contributed by atoms with Gasteiger partial charge in [-0.05, 0) is 25.1 Å². The zero-order valence-corrected chi connectivity index (χ0v) is 11.0. The van der Waals surface area contributed by atoms with Gasteiger partial charge in [-0.15, -0.1) is 0 Å². The van der Waals surface area contributed by atoms with Crippen molar-refractivity contribution in [3.05, 3.63) is 39.4 Å². The van der Waals surface area contributed by atoms with Gasteiger partial charge in [0.2, 0.25) is 0 Å². The van der Waals surface area contributed by atoms with Crippen LogP contribution in [0, 0.1) is 10.1 Å². The highest BCUT2D eigenvalue weighted by atomic mass is 32.2.